The number of nitrogens with one attached hydrogen (secondary N) is 2. The van der Waals surface area contributed by atoms with E-state index < -0.39 is 29.9 Å². The second kappa shape index (κ2) is 9.38. The number of amides is 3. The molecular formula is C25H25N3O6. The first-order chi connectivity index (χ1) is 16.3. The van der Waals surface area contributed by atoms with E-state index in [2.05, 4.69) is 10.6 Å². The number of carbonyl (C=O) groups excluding carboxylic acids is 4. The van der Waals surface area contributed by atoms with Gasteiger partial charge in [0, 0.05) is 5.69 Å². The topological polar surface area (TPSA) is 114 Å². The van der Waals surface area contributed by atoms with Crippen molar-refractivity contribution in [3.8, 4) is 0 Å². The molecule has 4 rings (SSSR count). The van der Waals surface area contributed by atoms with Crippen LogP contribution in [0.3, 0.4) is 0 Å². The highest BCUT2D eigenvalue weighted by molar-refractivity contribution is 6.00. The Hall–Kier alpha value is -4.14. The van der Waals surface area contributed by atoms with Crippen LogP contribution in [-0.2, 0) is 19.1 Å². The predicted molar refractivity (Wildman–Crippen MR) is 123 cm³/mol. The van der Waals surface area contributed by atoms with Crippen LogP contribution in [0.5, 0.6) is 0 Å². The summed E-state index contributed by atoms with van der Waals surface area (Å²) in [5.41, 5.74) is 4.28. The van der Waals surface area contributed by atoms with Crippen molar-refractivity contribution in [2.45, 2.75) is 26.8 Å². The van der Waals surface area contributed by atoms with E-state index in [-0.39, 0.29) is 19.8 Å². The maximum absolute atomic E-state index is 13.0. The van der Waals surface area contributed by atoms with E-state index in [1.54, 1.807) is 31.2 Å². The number of esters is 2. The number of hydrogen-bond acceptors (Lipinski definition) is 6. The van der Waals surface area contributed by atoms with Gasteiger partial charge in [0.15, 0.2) is 0 Å². The fourth-order valence-electron chi connectivity index (χ4n) is 4.03. The molecule has 0 unspecified atom stereocenters. The number of aryl methyl sites for hydroxylation is 2. The standard InChI is InChI=1S/C25H25N3O6/c1-4-33-23(30)16-7-9-17(10-8-16)26-20(29)12-28-19-13-34-24(31)21(19)22(27-25(28)32)18-11-14(2)5-6-15(18)3/h5-11,22H,4,12-13H2,1-3H3,(H,26,29)(H,27,32)/t22-/m0/s1. The maximum Gasteiger partial charge on any atom is 0.338 e. The first-order valence-electron chi connectivity index (χ1n) is 10.9. The Morgan fingerprint density at radius 2 is 1.88 bits per heavy atom. The first kappa shape index (κ1) is 23.0. The summed E-state index contributed by atoms with van der Waals surface area (Å²) < 4.78 is 10.2. The summed E-state index contributed by atoms with van der Waals surface area (Å²) in [5.74, 6) is -1.43. The Balaban J connectivity index is 1.53. The van der Waals surface area contributed by atoms with Crippen LogP contribution in [0.2, 0.25) is 0 Å². The van der Waals surface area contributed by atoms with Crippen molar-refractivity contribution < 1.29 is 28.7 Å². The third-order valence-corrected chi connectivity index (χ3v) is 5.73. The van der Waals surface area contributed by atoms with Gasteiger partial charge in [0.2, 0.25) is 5.91 Å². The zero-order chi connectivity index (χ0) is 24.4. The van der Waals surface area contributed by atoms with Crippen molar-refractivity contribution in [1.29, 1.82) is 0 Å². The van der Waals surface area contributed by atoms with Crippen molar-refractivity contribution in [3.63, 3.8) is 0 Å². The minimum Gasteiger partial charge on any atom is -0.462 e. The fourth-order valence-corrected chi connectivity index (χ4v) is 4.03. The minimum absolute atomic E-state index is 0.0789. The van der Waals surface area contributed by atoms with Crippen LogP contribution < -0.4 is 10.6 Å². The second-order valence-electron chi connectivity index (χ2n) is 8.11. The van der Waals surface area contributed by atoms with Crippen LogP contribution in [0.25, 0.3) is 0 Å². The fraction of sp³-hybridized carbons (Fsp3) is 0.280. The highest BCUT2D eigenvalue weighted by atomic mass is 16.5. The second-order valence-corrected chi connectivity index (χ2v) is 8.11. The molecule has 176 valence electrons. The Labute approximate surface area is 196 Å². The molecule has 0 saturated carbocycles. The molecule has 0 aromatic heterocycles. The van der Waals surface area contributed by atoms with Crippen LogP contribution in [0, 0.1) is 13.8 Å². The predicted octanol–water partition coefficient (Wildman–Crippen LogP) is 3.00. The number of rotatable bonds is 6. The molecule has 2 N–H and O–H groups in total. The lowest BCUT2D eigenvalue weighted by Crippen LogP contribution is -2.49. The van der Waals surface area contributed by atoms with Gasteiger partial charge in [0.1, 0.15) is 13.2 Å². The zero-order valence-corrected chi connectivity index (χ0v) is 19.1. The van der Waals surface area contributed by atoms with Gasteiger partial charge in [-0.25, -0.2) is 14.4 Å². The monoisotopic (exact) mass is 463 g/mol. The third kappa shape index (κ3) is 4.50. The van der Waals surface area contributed by atoms with Gasteiger partial charge in [0.05, 0.1) is 29.5 Å². The number of nitrogens with zero attached hydrogens (tertiary/aromatic N) is 1. The molecule has 9 heteroatoms. The van der Waals surface area contributed by atoms with E-state index in [1.165, 1.54) is 4.90 Å². The Bertz CT molecular complexity index is 1200. The highest BCUT2D eigenvalue weighted by Gasteiger charge is 2.43. The molecule has 2 aromatic rings. The molecule has 0 spiro atoms. The number of benzene rings is 2. The molecule has 0 bridgehead atoms. The van der Waals surface area contributed by atoms with Gasteiger partial charge in [-0.3, -0.25) is 9.69 Å². The van der Waals surface area contributed by atoms with Crippen molar-refractivity contribution >= 4 is 29.6 Å². The van der Waals surface area contributed by atoms with Crippen LogP contribution in [0.15, 0.2) is 53.7 Å². The highest BCUT2D eigenvalue weighted by Crippen LogP contribution is 2.36. The quantitative estimate of drug-likeness (QED) is 0.637. The molecule has 34 heavy (non-hydrogen) atoms. The van der Waals surface area contributed by atoms with E-state index in [9.17, 15) is 19.2 Å². The van der Waals surface area contributed by atoms with Crippen LogP contribution in [0.4, 0.5) is 10.5 Å². The average Bonchev–Trinajstić information content (AvgIpc) is 3.19. The summed E-state index contributed by atoms with van der Waals surface area (Å²) in [4.78, 5) is 51.2. The summed E-state index contributed by atoms with van der Waals surface area (Å²) in [6.07, 6.45) is 0. The van der Waals surface area contributed by atoms with Crippen LogP contribution >= 0.6 is 0 Å². The van der Waals surface area contributed by atoms with Gasteiger partial charge in [-0.15, -0.1) is 0 Å². The van der Waals surface area contributed by atoms with E-state index >= 15 is 0 Å². The normalized spacial score (nSPS) is 17.1. The summed E-state index contributed by atoms with van der Waals surface area (Å²) in [5, 5.41) is 5.55. The van der Waals surface area contributed by atoms with Crippen molar-refractivity contribution in [3.05, 3.63) is 76.0 Å². The molecule has 0 aliphatic carbocycles. The molecule has 1 atom stereocenters. The lowest BCUT2D eigenvalue weighted by Gasteiger charge is -2.33. The van der Waals surface area contributed by atoms with E-state index in [1.807, 2.05) is 32.0 Å². The molecular weight excluding hydrogens is 438 g/mol. The van der Waals surface area contributed by atoms with Crippen LogP contribution in [-0.4, -0.2) is 48.5 Å². The van der Waals surface area contributed by atoms with E-state index in [0.717, 1.165) is 16.7 Å². The van der Waals surface area contributed by atoms with E-state index in [4.69, 9.17) is 9.47 Å². The summed E-state index contributed by atoms with van der Waals surface area (Å²) in [6, 6.07) is 10.9. The van der Waals surface area contributed by atoms with Crippen molar-refractivity contribution in [2.75, 3.05) is 25.1 Å². The number of anilines is 1. The largest absolute Gasteiger partial charge is 0.462 e. The average molecular weight is 463 g/mol. The molecule has 2 heterocycles. The van der Waals surface area contributed by atoms with Crippen LogP contribution in [0.1, 0.15) is 40.0 Å². The number of ether oxygens (including phenoxy) is 2. The summed E-state index contributed by atoms with van der Waals surface area (Å²) in [7, 11) is 0. The molecule has 2 aliphatic rings. The first-order valence-corrected chi connectivity index (χ1v) is 10.9. The van der Waals surface area contributed by atoms with Crippen molar-refractivity contribution in [1.82, 2.24) is 10.2 Å². The minimum atomic E-state index is -0.646. The zero-order valence-electron chi connectivity index (χ0n) is 19.1. The number of urea groups is 1. The lowest BCUT2D eigenvalue weighted by molar-refractivity contribution is -0.136. The Kier molecular flexibility index (Phi) is 6.36. The smallest absolute Gasteiger partial charge is 0.338 e. The SMILES string of the molecule is CCOC(=O)c1ccc(NC(=O)CN2C(=O)N[C@@H](c3cc(C)ccc3C)C3=C2COC3=O)cc1. The van der Waals surface area contributed by atoms with Gasteiger partial charge in [-0.2, -0.15) is 0 Å². The van der Waals surface area contributed by atoms with Crippen molar-refractivity contribution in [2.24, 2.45) is 0 Å². The third-order valence-electron chi connectivity index (χ3n) is 5.73. The Morgan fingerprint density at radius 1 is 1.15 bits per heavy atom. The maximum atomic E-state index is 13.0. The number of cyclic esters (lactones) is 1. The Morgan fingerprint density at radius 3 is 2.59 bits per heavy atom. The summed E-state index contributed by atoms with van der Waals surface area (Å²) in [6.45, 7) is 5.45. The van der Waals surface area contributed by atoms with Gasteiger partial charge in [-0.1, -0.05) is 23.8 Å². The molecule has 2 aliphatic heterocycles. The lowest BCUT2D eigenvalue weighted by atomic mass is 9.91. The van der Waals surface area contributed by atoms with E-state index in [0.29, 0.717) is 22.5 Å². The van der Waals surface area contributed by atoms with Gasteiger partial charge < -0.3 is 20.1 Å². The molecule has 0 radical (unpaired) electrons. The number of hydrogen-bond donors (Lipinski definition) is 2. The molecule has 9 nitrogen and oxygen atoms in total. The molecule has 3 amide bonds. The number of carbonyl (C=O) groups is 4. The molecule has 2 aromatic carbocycles. The van der Waals surface area contributed by atoms with Gasteiger partial charge in [-0.05, 0) is 56.2 Å². The molecule has 0 saturated heterocycles. The molecule has 0 fully saturated rings. The summed E-state index contributed by atoms with van der Waals surface area (Å²) >= 11 is 0. The van der Waals surface area contributed by atoms with Gasteiger partial charge >= 0.3 is 18.0 Å². The van der Waals surface area contributed by atoms with Gasteiger partial charge in [0.25, 0.3) is 0 Å².